The SMILES string of the molecule is Br.Cc1cc(-c2ccc(F)cc2)ccc1C1=CCN(C)CC1. The molecule has 1 nitrogen and oxygen atoms in total. The number of halogens is 2. The zero-order valence-corrected chi connectivity index (χ0v) is 14.7. The lowest BCUT2D eigenvalue weighted by Gasteiger charge is -2.23. The van der Waals surface area contributed by atoms with Crippen LogP contribution >= 0.6 is 17.0 Å². The van der Waals surface area contributed by atoms with Crippen molar-refractivity contribution in [1.29, 1.82) is 0 Å². The van der Waals surface area contributed by atoms with Crippen molar-refractivity contribution < 1.29 is 4.39 Å². The number of likely N-dealkylation sites (N-methyl/N-ethyl adjacent to an activating group) is 1. The predicted octanol–water partition coefficient (Wildman–Crippen LogP) is 5.10. The van der Waals surface area contributed by atoms with Gasteiger partial charge in [-0.15, -0.1) is 17.0 Å². The summed E-state index contributed by atoms with van der Waals surface area (Å²) in [6, 6.07) is 13.2. The lowest BCUT2D eigenvalue weighted by Crippen LogP contribution is -2.23. The molecule has 2 aromatic carbocycles. The molecule has 0 N–H and O–H groups in total. The molecule has 0 radical (unpaired) electrons. The third-order valence-electron chi connectivity index (χ3n) is 4.16. The van der Waals surface area contributed by atoms with Crippen LogP contribution in [0.15, 0.2) is 48.5 Å². The van der Waals surface area contributed by atoms with Crippen LogP contribution in [0.25, 0.3) is 16.7 Å². The maximum absolute atomic E-state index is 13.0. The van der Waals surface area contributed by atoms with E-state index in [1.54, 1.807) is 0 Å². The number of nitrogens with zero attached hydrogens (tertiary/aromatic N) is 1. The average Bonchev–Trinajstić information content (AvgIpc) is 2.49. The Bertz CT molecular complexity index is 676. The number of rotatable bonds is 2. The third-order valence-corrected chi connectivity index (χ3v) is 4.16. The molecule has 1 aliphatic heterocycles. The Labute approximate surface area is 142 Å². The first kappa shape index (κ1) is 16.9. The first-order valence-electron chi connectivity index (χ1n) is 7.38. The minimum Gasteiger partial charge on any atom is -0.302 e. The fourth-order valence-electron chi connectivity index (χ4n) is 2.86. The second kappa shape index (κ2) is 7.21. The van der Waals surface area contributed by atoms with Gasteiger partial charge in [0.15, 0.2) is 0 Å². The van der Waals surface area contributed by atoms with Gasteiger partial charge in [0.05, 0.1) is 0 Å². The fourth-order valence-corrected chi connectivity index (χ4v) is 2.86. The first-order chi connectivity index (χ1) is 10.1. The Morgan fingerprint density at radius 3 is 2.27 bits per heavy atom. The molecule has 3 rings (SSSR count). The summed E-state index contributed by atoms with van der Waals surface area (Å²) in [6.45, 7) is 4.29. The van der Waals surface area contributed by atoms with E-state index in [1.807, 2.05) is 12.1 Å². The van der Waals surface area contributed by atoms with Crippen molar-refractivity contribution in [2.24, 2.45) is 0 Å². The third kappa shape index (κ3) is 3.65. The average molecular weight is 362 g/mol. The molecule has 22 heavy (non-hydrogen) atoms. The number of hydrogen-bond acceptors (Lipinski definition) is 1. The Morgan fingerprint density at radius 2 is 1.68 bits per heavy atom. The summed E-state index contributed by atoms with van der Waals surface area (Å²) in [5, 5.41) is 0. The van der Waals surface area contributed by atoms with Gasteiger partial charge in [-0.1, -0.05) is 36.4 Å². The van der Waals surface area contributed by atoms with Gasteiger partial charge in [0.25, 0.3) is 0 Å². The zero-order chi connectivity index (χ0) is 14.8. The maximum Gasteiger partial charge on any atom is 0.123 e. The van der Waals surface area contributed by atoms with Gasteiger partial charge in [-0.25, -0.2) is 4.39 Å². The predicted molar refractivity (Wildman–Crippen MR) is 97.0 cm³/mol. The largest absolute Gasteiger partial charge is 0.302 e. The van der Waals surface area contributed by atoms with E-state index in [1.165, 1.54) is 28.8 Å². The van der Waals surface area contributed by atoms with E-state index >= 15 is 0 Å². The van der Waals surface area contributed by atoms with E-state index in [0.717, 1.165) is 30.6 Å². The van der Waals surface area contributed by atoms with Gasteiger partial charge in [0.2, 0.25) is 0 Å². The van der Waals surface area contributed by atoms with Crippen LogP contribution in [0, 0.1) is 12.7 Å². The van der Waals surface area contributed by atoms with E-state index in [4.69, 9.17) is 0 Å². The Kier molecular flexibility index (Phi) is 5.54. The molecular weight excluding hydrogens is 341 g/mol. The monoisotopic (exact) mass is 361 g/mol. The van der Waals surface area contributed by atoms with Crippen LogP contribution in [0.4, 0.5) is 4.39 Å². The van der Waals surface area contributed by atoms with Crippen LogP contribution in [0.1, 0.15) is 17.5 Å². The van der Waals surface area contributed by atoms with E-state index in [9.17, 15) is 4.39 Å². The second-order valence-electron chi connectivity index (χ2n) is 5.78. The molecule has 1 heterocycles. The maximum atomic E-state index is 13.0. The number of benzene rings is 2. The van der Waals surface area contributed by atoms with Gasteiger partial charge < -0.3 is 4.90 Å². The molecule has 116 valence electrons. The van der Waals surface area contributed by atoms with Crippen LogP contribution < -0.4 is 0 Å². The van der Waals surface area contributed by atoms with E-state index in [0.29, 0.717) is 0 Å². The van der Waals surface area contributed by atoms with Gasteiger partial charge in [0.1, 0.15) is 5.82 Å². The van der Waals surface area contributed by atoms with Crippen LogP contribution in [-0.4, -0.2) is 25.0 Å². The summed E-state index contributed by atoms with van der Waals surface area (Å²) in [5.41, 5.74) is 6.27. The molecule has 0 saturated carbocycles. The van der Waals surface area contributed by atoms with Crippen molar-refractivity contribution >= 4 is 22.6 Å². The highest BCUT2D eigenvalue weighted by molar-refractivity contribution is 8.93. The molecule has 0 amide bonds. The number of aryl methyl sites for hydroxylation is 1. The smallest absolute Gasteiger partial charge is 0.123 e. The molecule has 0 bridgehead atoms. The molecule has 3 heteroatoms. The van der Waals surface area contributed by atoms with Crippen LogP contribution in [0.2, 0.25) is 0 Å². The lowest BCUT2D eigenvalue weighted by molar-refractivity contribution is 0.370. The molecule has 0 saturated heterocycles. The zero-order valence-electron chi connectivity index (χ0n) is 13.0. The van der Waals surface area contributed by atoms with Crippen molar-refractivity contribution in [2.45, 2.75) is 13.3 Å². The topological polar surface area (TPSA) is 3.24 Å². The fraction of sp³-hybridized carbons (Fsp3) is 0.263. The molecular formula is C19H21BrFN. The summed E-state index contributed by atoms with van der Waals surface area (Å²) in [7, 11) is 2.15. The molecule has 0 aliphatic carbocycles. The van der Waals surface area contributed by atoms with Crippen molar-refractivity contribution in [1.82, 2.24) is 4.90 Å². The summed E-state index contributed by atoms with van der Waals surface area (Å²) >= 11 is 0. The van der Waals surface area contributed by atoms with Crippen molar-refractivity contribution in [3.05, 3.63) is 65.5 Å². The summed E-state index contributed by atoms with van der Waals surface area (Å²) < 4.78 is 13.0. The van der Waals surface area contributed by atoms with Crippen molar-refractivity contribution in [2.75, 3.05) is 20.1 Å². The molecule has 0 atom stereocenters. The van der Waals surface area contributed by atoms with Gasteiger partial charge >= 0.3 is 0 Å². The van der Waals surface area contributed by atoms with E-state index in [2.05, 4.69) is 43.1 Å². The second-order valence-corrected chi connectivity index (χ2v) is 5.78. The van der Waals surface area contributed by atoms with E-state index < -0.39 is 0 Å². The molecule has 0 unspecified atom stereocenters. The normalized spacial score (nSPS) is 15.1. The highest BCUT2D eigenvalue weighted by atomic mass is 79.9. The lowest BCUT2D eigenvalue weighted by atomic mass is 9.93. The van der Waals surface area contributed by atoms with E-state index in [-0.39, 0.29) is 22.8 Å². The van der Waals surface area contributed by atoms with Crippen LogP contribution in [0.3, 0.4) is 0 Å². The summed E-state index contributed by atoms with van der Waals surface area (Å²) in [6.07, 6.45) is 3.43. The quantitative estimate of drug-likeness (QED) is 0.719. The molecule has 0 fully saturated rings. The minimum absolute atomic E-state index is 0. The van der Waals surface area contributed by atoms with Gasteiger partial charge in [0, 0.05) is 13.1 Å². The Hall–Kier alpha value is -1.45. The standard InChI is InChI=1S/C19H20FN.BrH/c1-14-13-17(15-3-6-18(20)7-4-15)5-8-19(14)16-9-11-21(2)12-10-16;/h3-9,13H,10-12H2,1-2H3;1H. The molecule has 0 aromatic heterocycles. The van der Waals surface area contributed by atoms with Crippen LogP contribution in [-0.2, 0) is 0 Å². The number of hydrogen-bond donors (Lipinski definition) is 0. The molecule has 2 aromatic rings. The molecule has 1 aliphatic rings. The first-order valence-corrected chi connectivity index (χ1v) is 7.38. The Morgan fingerprint density at radius 1 is 1.00 bits per heavy atom. The molecule has 0 spiro atoms. The van der Waals surface area contributed by atoms with Crippen molar-refractivity contribution in [3.63, 3.8) is 0 Å². The Balaban J connectivity index is 0.00000176. The van der Waals surface area contributed by atoms with Crippen molar-refractivity contribution in [3.8, 4) is 11.1 Å². The van der Waals surface area contributed by atoms with Gasteiger partial charge in [-0.05, 0) is 60.4 Å². The highest BCUT2D eigenvalue weighted by Gasteiger charge is 2.12. The van der Waals surface area contributed by atoms with Crippen LogP contribution in [0.5, 0.6) is 0 Å². The van der Waals surface area contributed by atoms with Gasteiger partial charge in [-0.2, -0.15) is 0 Å². The highest BCUT2D eigenvalue weighted by Crippen LogP contribution is 2.29. The minimum atomic E-state index is -0.191. The van der Waals surface area contributed by atoms with Gasteiger partial charge in [-0.3, -0.25) is 0 Å². The summed E-state index contributed by atoms with van der Waals surface area (Å²) in [4.78, 5) is 2.33. The summed E-state index contributed by atoms with van der Waals surface area (Å²) in [5.74, 6) is -0.191.